The summed E-state index contributed by atoms with van der Waals surface area (Å²) >= 11 is 3.44. The Kier molecular flexibility index (Phi) is 2.90. The summed E-state index contributed by atoms with van der Waals surface area (Å²) in [5, 5.41) is 0. The van der Waals surface area contributed by atoms with Gasteiger partial charge in [0.2, 0.25) is 11.8 Å². The number of amides is 1. The lowest BCUT2D eigenvalue weighted by Gasteiger charge is -2.17. The standard InChI is InChI=1S/C10H11BrN2O2/c1-15-10-8(3-2-4-12-10)13-6-7(11)5-9(13)14/h2-4,7H,5-6H2,1H3. The molecule has 1 atom stereocenters. The maximum atomic E-state index is 11.7. The number of hydrogen-bond acceptors (Lipinski definition) is 3. The topological polar surface area (TPSA) is 42.4 Å². The first-order chi connectivity index (χ1) is 7.22. The zero-order valence-corrected chi connectivity index (χ0v) is 9.90. The van der Waals surface area contributed by atoms with Crippen molar-refractivity contribution in [2.24, 2.45) is 0 Å². The van der Waals surface area contributed by atoms with E-state index in [4.69, 9.17) is 4.74 Å². The van der Waals surface area contributed by atoms with E-state index in [0.29, 0.717) is 18.8 Å². The molecule has 1 unspecified atom stereocenters. The molecule has 0 N–H and O–H groups in total. The van der Waals surface area contributed by atoms with E-state index in [1.807, 2.05) is 6.07 Å². The largest absolute Gasteiger partial charge is 0.480 e. The van der Waals surface area contributed by atoms with Gasteiger partial charge in [-0.3, -0.25) is 4.79 Å². The summed E-state index contributed by atoms with van der Waals surface area (Å²) in [6, 6.07) is 3.64. The van der Waals surface area contributed by atoms with Crippen LogP contribution in [0.5, 0.6) is 5.88 Å². The maximum Gasteiger partial charge on any atom is 0.237 e. The highest BCUT2D eigenvalue weighted by molar-refractivity contribution is 9.09. The van der Waals surface area contributed by atoms with Crippen LogP contribution < -0.4 is 9.64 Å². The third-order valence-corrected chi connectivity index (χ3v) is 2.93. The highest BCUT2D eigenvalue weighted by atomic mass is 79.9. The van der Waals surface area contributed by atoms with Gasteiger partial charge in [-0.1, -0.05) is 15.9 Å². The van der Waals surface area contributed by atoms with E-state index in [9.17, 15) is 4.79 Å². The predicted molar refractivity (Wildman–Crippen MR) is 60.5 cm³/mol. The molecule has 5 heteroatoms. The van der Waals surface area contributed by atoms with Crippen LogP contribution in [-0.2, 0) is 4.79 Å². The van der Waals surface area contributed by atoms with Crippen LogP contribution in [-0.4, -0.2) is 29.4 Å². The molecule has 2 rings (SSSR count). The van der Waals surface area contributed by atoms with Crippen LogP contribution in [0.25, 0.3) is 0 Å². The number of aromatic nitrogens is 1. The van der Waals surface area contributed by atoms with Gasteiger partial charge in [-0.05, 0) is 12.1 Å². The number of alkyl halides is 1. The van der Waals surface area contributed by atoms with Gasteiger partial charge in [0.25, 0.3) is 0 Å². The van der Waals surface area contributed by atoms with E-state index in [1.165, 1.54) is 0 Å². The average molecular weight is 271 g/mol. The maximum absolute atomic E-state index is 11.7. The quantitative estimate of drug-likeness (QED) is 0.767. The third kappa shape index (κ3) is 1.97. The van der Waals surface area contributed by atoms with Gasteiger partial charge in [-0.2, -0.15) is 0 Å². The summed E-state index contributed by atoms with van der Waals surface area (Å²) in [6.07, 6.45) is 2.17. The molecule has 0 spiro atoms. The lowest BCUT2D eigenvalue weighted by molar-refractivity contribution is -0.117. The molecule has 80 valence electrons. The van der Waals surface area contributed by atoms with Crippen LogP contribution in [0.3, 0.4) is 0 Å². The first-order valence-corrected chi connectivity index (χ1v) is 5.57. The van der Waals surface area contributed by atoms with Gasteiger partial charge in [-0.15, -0.1) is 0 Å². The third-order valence-electron chi connectivity index (χ3n) is 2.31. The smallest absolute Gasteiger partial charge is 0.237 e. The second-order valence-electron chi connectivity index (χ2n) is 3.34. The Morgan fingerprint density at radius 2 is 2.47 bits per heavy atom. The molecule has 0 saturated carbocycles. The first kappa shape index (κ1) is 10.4. The minimum atomic E-state index is 0.100. The van der Waals surface area contributed by atoms with Crippen molar-refractivity contribution in [2.45, 2.75) is 11.2 Å². The van der Waals surface area contributed by atoms with E-state index < -0.39 is 0 Å². The van der Waals surface area contributed by atoms with Crippen molar-refractivity contribution >= 4 is 27.5 Å². The van der Waals surface area contributed by atoms with Crippen molar-refractivity contribution in [3.05, 3.63) is 18.3 Å². The molecule has 1 aliphatic rings. The summed E-state index contributed by atoms with van der Waals surface area (Å²) in [5.41, 5.74) is 0.743. The van der Waals surface area contributed by atoms with Gasteiger partial charge in [0.1, 0.15) is 5.69 Å². The van der Waals surface area contributed by atoms with Crippen molar-refractivity contribution in [2.75, 3.05) is 18.6 Å². The molecule has 0 aliphatic carbocycles. The van der Waals surface area contributed by atoms with E-state index >= 15 is 0 Å². The van der Waals surface area contributed by atoms with Gasteiger partial charge < -0.3 is 9.64 Å². The molecule has 0 bridgehead atoms. The number of pyridine rings is 1. The predicted octanol–water partition coefficient (Wildman–Crippen LogP) is 1.59. The molecular weight excluding hydrogens is 260 g/mol. The van der Waals surface area contributed by atoms with Crippen LogP contribution >= 0.6 is 15.9 Å². The van der Waals surface area contributed by atoms with Crippen LogP contribution in [0.2, 0.25) is 0 Å². The van der Waals surface area contributed by atoms with E-state index in [-0.39, 0.29) is 10.7 Å². The lowest BCUT2D eigenvalue weighted by atomic mass is 10.3. The molecule has 0 radical (unpaired) electrons. The zero-order chi connectivity index (χ0) is 10.8. The van der Waals surface area contributed by atoms with E-state index in [2.05, 4.69) is 20.9 Å². The van der Waals surface area contributed by atoms with E-state index in [0.717, 1.165) is 5.69 Å². The summed E-state index contributed by atoms with van der Waals surface area (Å²) in [5.74, 6) is 0.593. The Hall–Kier alpha value is -1.10. The van der Waals surface area contributed by atoms with Gasteiger partial charge in [0.15, 0.2) is 0 Å². The molecule has 1 aliphatic heterocycles. The fourth-order valence-electron chi connectivity index (χ4n) is 1.64. The number of hydrogen-bond donors (Lipinski definition) is 0. The number of methoxy groups -OCH3 is 1. The fraction of sp³-hybridized carbons (Fsp3) is 0.400. The van der Waals surface area contributed by atoms with Crippen molar-refractivity contribution < 1.29 is 9.53 Å². The Labute approximate surface area is 96.4 Å². The van der Waals surface area contributed by atoms with Crippen molar-refractivity contribution in [1.82, 2.24) is 4.98 Å². The molecular formula is C10H11BrN2O2. The number of anilines is 1. The Morgan fingerprint density at radius 1 is 1.67 bits per heavy atom. The minimum absolute atomic E-state index is 0.100. The Balaban J connectivity index is 2.33. The normalized spacial score (nSPS) is 20.8. The highest BCUT2D eigenvalue weighted by Crippen LogP contribution is 2.30. The second-order valence-corrected chi connectivity index (χ2v) is 4.63. The molecule has 2 heterocycles. The van der Waals surface area contributed by atoms with Crippen molar-refractivity contribution in [3.63, 3.8) is 0 Å². The summed E-state index contributed by atoms with van der Waals surface area (Å²) in [6.45, 7) is 0.668. The summed E-state index contributed by atoms with van der Waals surface area (Å²) in [7, 11) is 1.55. The molecule has 0 aromatic carbocycles. The summed E-state index contributed by atoms with van der Waals surface area (Å²) < 4.78 is 5.12. The number of rotatable bonds is 2. The van der Waals surface area contributed by atoms with Gasteiger partial charge in [0, 0.05) is 24.0 Å². The minimum Gasteiger partial charge on any atom is -0.480 e. The van der Waals surface area contributed by atoms with E-state index in [1.54, 1.807) is 24.3 Å². The number of carbonyl (C=O) groups is 1. The first-order valence-electron chi connectivity index (χ1n) is 4.66. The van der Waals surface area contributed by atoms with Crippen molar-refractivity contribution in [3.8, 4) is 5.88 Å². The highest BCUT2D eigenvalue weighted by Gasteiger charge is 2.30. The fourth-order valence-corrected chi connectivity index (χ4v) is 2.21. The lowest BCUT2D eigenvalue weighted by Crippen LogP contribution is -2.25. The van der Waals surface area contributed by atoms with Crippen LogP contribution in [0.15, 0.2) is 18.3 Å². The van der Waals surface area contributed by atoms with Gasteiger partial charge >= 0.3 is 0 Å². The van der Waals surface area contributed by atoms with Crippen LogP contribution in [0, 0.1) is 0 Å². The number of nitrogens with zero attached hydrogens (tertiary/aromatic N) is 2. The number of halogens is 1. The molecule has 1 fully saturated rings. The number of carbonyl (C=O) groups excluding carboxylic acids is 1. The molecule has 15 heavy (non-hydrogen) atoms. The van der Waals surface area contributed by atoms with Crippen LogP contribution in [0.4, 0.5) is 5.69 Å². The van der Waals surface area contributed by atoms with Gasteiger partial charge in [0.05, 0.1) is 7.11 Å². The number of ether oxygens (including phenoxy) is 1. The van der Waals surface area contributed by atoms with Gasteiger partial charge in [-0.25, -0.2) is 4.98 Å². The molecule has 1 saturated heterocycles. The molecule has 1 aromatic heterocycles. The SMILES string of the molecule is COc1ncccc1N1CC(Br)CC1=O. The zero-order valence-electron chi connectivity index (χ0n) is 8.31. The average Bonchev–Trinajstić information content (AvgIpc) is 2.57. The Bertz CT molecular complexity index is 383. The Morgan fingerprint density at radius 3 is 3.07 bits per heavy atom. The monoisotopic (exact) mass is 270 g/mol. The van der Waals surface area contributed by atoms with Crippen molar-refractivity contribution in [1.29, 1.82) is 0 Å². The molecule has 1 amide bonds. The second kappa shape index (κ2) is 4.18. The molecule has 1 aromatic rings. The van der Waals surface area contributed by atoms with Crippen LogP contribution in [0.1, 0.15) is 6.42 Å². The summed E-state index contributed by atoms with van der Waals surface area (Å²) in [4.78, 5) is 17.7. The molecule has 4 nitrogen and oxygen atoms in total.